The van der Waals surface area contributed by atoms with E-state index in [2.05, 4.69) is 0 Å². The Labute approximate surface area is 127 Å². The number of carboxylic acids is 1. The van der Waals surface area contributed by atoms with Crippen LogP contribution in [0.3, 0.4) is 0 Å². The first-order chi connectivity index (χ1) is 10.5. The Kier molecular flexibility index (Phi) is 2.67. The standard InChI is InChI=1S/C16H18N2O4/c1-16(2,15(19)20)18-11-8-13-12(21-5-6-22-13)7-10(11)17-14(18)9-3-4-9/h7-9H,3-6H2,1-2H3,(H,19,20). The highest BCUT2D eigenvalue weighted by Crippen LogP contribution is 2.44. The van der Waals surface area contributed by atoms with Crippen LogP contribution in [0.4, 0.5) is 0 Å². The maximum Gasteiger partial charge on any atom is 0.329 e. The number of imidazole rings is 1. The van der Waals surface area contributed by atoms with Crippen molar-refractivity contribution in [3.05, 3.63) is 18.0 Å². The van der Waals surface area contributed by atoms with Crippen LogP contribution in [0.15, 0.2) is 12.1 Å². The van der Waals surface area contributed by atoms with Crippen LogP contribution in [0.25, 0.3) is 11.0 Å². The smallest absolute Gasteiger partial charge is 0.329 e. The topological polar surface area (TPSA) is 73.6 Å². The van der Waals surface area contributed by atoms with Gasteiger partial charge in [-0.05, 0) is 26.7 Å². The summed E-state index contributed by atoms with van der Waals surface area (Å²) in [5.74, 6) is 1.67. The minimum atomic E-state index is -1.06. The Morgan fingerprint density at radius 2 is 1.91 bits per heavy atom. The fourth-order valence-corrected chi connectivity index (χ4v) is 2.93. The van der Waals surface area contributed by atoms with E-state index in [4.69, 9.17) is 14.5 Å². The molecule has 22 heavy (non-hydrogen) atoms. The van der Waals surface area contributed by atoms with Crippen molar-refractivity contribution in [2.75, 3.05) is 13.2 Å². The average Bonchev–Trinajstić information content (AvgIpc) is 3.25. The number of fused-ring (bicyclic) bond motifs is 2. The summed E-state index contributed by atoms with van der Waals surface area (Å²) in [6.45, 7) is 4.44. The van der Waals surface area contributed by atoms with E-state index in [9.17, 15) is 9.90 Å². The van der Waals surface area contributed by atoms with Gasteiger partial charge < -0.3 is 19.1 Å². The van der Waals surface area contributed by atoms with Crippen LogP contribution >= 0.6 is 0 Å². The van der Waals surface area contributed by atoms with Crippen molar-refractivity contribution in [2.24, 2.45) is 0 Å². The molecule has 0 bridgehead atoms. The Balaban J connectivity index is 1.99. The number of carboxylic acid groups (broad SMARTS) is 1. The number of hydrogen-bond acceptors (Lipinski definition) is 4. The van der Waals surface area contributed by atoms with E-state index in [1.165, 1.54) is 0 Å². The molecular weight excluding hydrogens is 284 g/mol. The van der Waals surface area contributed by atoms with E-state index >= 15 is 0 Å². The Morgan fingerprint density at radius 1 is 1.27 bits per heavy atom. The molecule has 2 aliphatic rings. The summed E-state index contributed by atoms with van der Waals surface area (Å²) in [4.78, 5) is 16.4. The molecule has 116 valence electrons. The molecule has 0 amide bonds. The van der Waals surface area contributed by atoms with Crippen molar-refractivity contribution in [1.29, 1.82) is 0 Å². The molecule has 0 atom stereocenters. The van der Waals surface area contributed by atoms with Gasteiger partial charge in [-0.1, -0.05) is 0 Å². The quantitative estimate of drug-likeness (QED) is 0.943. The van der Waals surface area contributed by atoms with Crippen molar-refractivity contribution < 1.29 is 19.4 Å². The molecule has 1 aromatic carbocycles. The van der Waals surface area contributed by atoms with E-state index in [1.807, 2.05) is 16.7 Å². The van der Waals surface area contributed by atoms with Gasteiger partial charge in [0.2, 0.25) is 0 Å². The first-order valence-electron chi connectivity index (χ1n) is 7.54. The van der Waals surface area contributed by atoms with Gasteiger partial charge in [-0.3, -0.25) is 0 Å². The van der Waals surface area contributed by atoms with Crippen LogP contribution in [-0.4, -0.2) is 33.8 Å². The van der Waals surface area contributed by atoms with Crippen LogP contribution in [0.5, 0.6) is 11.5 Å². The third kappa shape index (κ3) is 1.86. The van der Waals surface area contributed by atoms with Gasteiger partial charge in [0.1, 0.15) is 24.6 Å². The third-order valence-electron chi connectivity index (χ3n) is 4.37. The predicted octanol–water partition coefficient (Wildman–Crippen LogP) is 2.50. The predicted molar refractivity (Wildman–Crippen MR) is 79.7 cm³/mol. The zero-order chi connectivity index (χ0) is 15.5. The zero-order valence-electron chi connectivity index (χ0n) is 12.6. The lowest BCUT2D eigenvalue weighted by Gasteiger charge is -2.25. The average molecular weight is 302 g/mol. The minimum absolute atomic E-state index is 0.352. The molecule has 1 saturated carbocycles. The normalized spacial score (nSPS) is 17.7. The highest BCUT2D eigenvalue weighted by atomic mass is 16.6. The molecule has 2 heterocycles. The summed E-state index contributed by atoms with van der Waals surface area (Å²) in [7, 11) is 0. The minimum Gasteiger partial charge on any atom is -0.486 e. The molecule has 0 radical (unpaired) electrons. The van der Waals surface area contributed by atoms with Crippen LogP contribution < -0.4 is 9.47 Å². The van der Waals surface area contributed by atoms with Gasteiger partial charge in [0.05, 0.1) is 11.0 Å². The lowest BCUT2D eigenvalue weighted by atomic mass is 10.0. The summed E-state index contributed by atoms with van der Waals surface area (Å²) in [5.41, 5.74) is 0.496. The number of carbonyl (C=O) groups is 1. The van der Waals surface area contributed by atoms with E-state index in [0.29, 0.717) is 30.6 Å². The summed E-state index contributed by atoms with van der Waals surface area (Å²) in [6, 6.07) is 3.71. The van der Waals surface area contributed by atoms with Crippen molar-refractivity contribution in [3.63, 3.8) is 0 Å². The van der Waals surface area contributed by atoms with Gasteiger partial charge >= 0.3 is 5.97 Å². The van der Waals surface area contributed by atoms with Gasteiger partial charge in [-0.15, -0.1) is 0 Å². The number of rotatable bonds is 3. The zero-order valence-corrected chi connectivity index (χ0v) is 12.6. The molecule has 2 aromatic rings. The third-order valence-corrected chi connectivity index (χ3v) is 4.37. The van der Waals surface area contributed by atoms with Crippen LogP contribution in [0.1, 0.15) is 38.4 Å². The van der Waals surface area contributed by atoms with E-state index < -0.39 is 11.5 Å². The summed E-state index contributed by atoms with van der Waals surface area (Å²) in [6.07, 6.45) is 2.12. The molecule has 4 rings (SSSR count). The second-order valence-electron chi connectivity index (χ2n) is 6.43. The fourth-order valence-electron chi connectivity index (χ4n) is 2.93. The Hall–Kier alpha value is -2.24. The van der Waals surface area contributed by atoms with Crippen molar-refractivity contribution >= 4 is 17.0 Å². The molecular formula is C16H18N2O4. The van der Waals surface area contributed by atoms with E-state index in [-0.39, 0.29) is 0 Å². The van der Waals surface area contributed by atoms with Crippen molar-refractivity contribution in [1.82, 2.24) is 9.55 Å². The molecule has 1 aromatic heterocycles. The second-order valence-corrected chi connectivity index (χ2v) is 6.43. The van der Waals surface area contributed by atoms with E-state index in [1.54, 1.807) is 13.8 Å². The molecule has 1 aliphatic carbocycles. The van der Waals surface area contributed by atoms with Crippen LogP contribution in [0.2, 0.25) is 0 Å². The number of nitrogens with zero attached hydrogens (tertiary/aromatic N) is 2. The van der Waals surface area contributed by atoms with E-state index in [0.717, 1.165) is 29.7 Å². The molecule has 6 heteroatoms. The molecule has 0 saturated heterocycles. The lowest BCUT2D eigenvalue weighted by Crippen LogP contribution is -2.36. The maximum absolute atomic E-state index is 11.7. The number of ether oxygens (including phenoxy) is 2. The monoisotopic (exact) mass is 302 g/mol. The first-order valence-corrected chi connectivity index (χ1v) is 7.54. The number of hydrogen-bond donors (Lipinski definition) is 1. The SMILES string of the molecule is CC(C)(C(=O)O)n1c(C2CC2)nc2cc3c(cc21)OCCO3. The highest BCUT2D eigenvalue weighted by Gasteiger charge is 2.39. The molecule has 1 aliphatic heterocycles. The fraction of sp³-hybridized carbons (Fsp3) is 0.500. The lowest BCUT2D eigenvalue weighted by molar-refractivity contribution is -0.145. The summed E-state index contributed by atoms with van der Waals surface area (Å²) < 4.78 is 13.1. The van der Waals surface area contributed by atoms with Crippen molar-refractivity contribution in [3.8, 4) is 11.5 Å². The molecule has 1 N–H and O–H groups in total. The largest absolute Gasteiger partial charge is 0.486 e. The van der Waals surface area contributed by atoms with Crippen LogP contribution in [0, 0.1) is 0 Å². The van der Waals surface area contributed by atoms with Gasteiger partial charge in [0.25, 0.3) is 0 Å². The summed E-state index contributed by atoms with van der Waals surface area (Å²) >= 11 is 0. The van der Waals surface area contributed by atoms with Gasteiger partial charge in [0.15, 0.2) is 11.5 Å². The highest BCUT2D eigenvalue weighted by molar-refractivity contribution is 5.85. The molecule has 0 spiro atoms. The second kappa shape index (κ2) is 4.38. The maximum atomic E-state index is 11.7. The number of aliphatic carboxylic acids is 1. The number of benzene rings is 1. The molecule has 0 unspecified atom stereocenters. The number of aromatic nitrogens is 2. The van der Waals surface area contributed by atoms with Crippen molar-refractivity contribution in [2.45, 2.75) is 38.1 Å². The Morgan fingerprint density at radius 3 is 2.50 bits per heavy atom. The Bertz CT molecular complexity index is 774. The van der Waals surface area contributed by atoms with Gasteiger partial charge in [-0.25, -0.2) is 9.78 Å². The molecule has 1 fully saturated rings. The molecule has 6 nitrogen and oxygen atoms in total. The summed E-state index contributed by atoms with van der Waals surface area (Å²) in [5, 5.41) is 9.63. The van der Waals surface area contributed by atoms with Gasteiger partial charge in [-0.2, -0.15) is 0 Å². The first kappa shape index (κ1) is 13.4. The van der Waals surface area contributed by atoms with Gasteiger partial charge in [0, 0.05) is 18.1 Å². The van der Waals surface area contributed by atoms with Crippen LogP contribution in [-0.2, 0) is 10.3 Å².